The lowest BCUT2D eigenvalue weighted by atomic mass is 10.2. The van der Waals surface area contributed by atoms with Crippen LogP contribution in [0.5, 0.6) is 11.5 Å². The van der Waals surface area contributed by atoms with E-state index in [1.807, 2.05) is 48.5 Å². The quantitative estimate of drug-likeness (QED) is 0.682. The predicted molar refractivity (Wildman–Crippen MR) is 96.7 cm³/mol. The highest BCUT2D eigenvalue weighted by Crippen LogP contribution is 2.28. The summed E-state index contributed by atoms with van der Waals surface area (Å²) in [4.78, 5) is 15.7. The molecular formula is C19H20N4O3. The highest BCUT2D eigenvalue weighted by molar-refractivity contribution is 5.91. The van der Waals surface area contributed by atoms with E-state index in [1.54, 1.807) is 26.2 Å². The molecule has 0 saturated heterocycles. The van der Waals surface area contributed by atoms with E-state index in [4.69, 9.17) is 9.47 Å². The van der Waals surface area contributed by atoms with E-state index in [0.29, 0.717) is 18.0 Å². The van der Waals surface area contributed by atoms with Crippen LogP contribution in [0.1, 0.15) is 16.1 Å². The van der Waals surface area contributed by atoms with Crippen LogP contribution in [0.25, 0.3) is 5.69 Å². The minimum atomic E-state index is -0.207. The molecule has 134 valence electrons. The van der Waals surface area contributed by atoms with E-state index in [0.717, 1.165) is 11.3 Å². The number of rotatable bonds is 6. The molecule has 3 aromatic rings. The summed E-state index contributed by atoms with van der Waals surface area (Å²) in [5.41, 5.74) is 2.01. The van der Waals surface area contributed by atoms with Crippen molar-refractivity contribution in [3.05, 3.63) is 66.0 Å². The van der Waals surface area contributed by atoms with E-state index in [-0.39, 0.29) is 11.6 Å². The van der Waals surface area contributed by atoms with E-state index in [2.05, 4.69) is 10.2 Å². The SMILES string of the molecule is COc1ccc(CN(C)C(=O)c2cnn(-c3ccccc3)n2)cc1OC. The molecule has 7 heteroatoms. The van der Waals surface area contributed by atoms with Gasteiger partial charge < -0.3 is 14.4 Å². The van der Waals surface area contributed by atoms with Crippen molar-refractivity contribution in [2.75, 3.05) is 21.3 Å². The number of methoxy groups -OCH3 is 2. The van der Waals surface area contributed by atoms with Gasteiger partial charge in [0.25, 0.3) is 5.91 Å². The van der Waals surface area contributed by atoms with Gasteiger partial charge in [0.15, 0.2) is 17.2 Å². The fourth-order valence-electron chi connectivity index (χ4n) is 2.57. The van der Waals surface area contributed by atoms with E-state index < -0.39 is 0 Å². The van der Waals surface area contributed by atoms with E-state index in [1.165, 1.54) is 11.0 Å². The number of para-hydroxylation sites is 1. The van der Waals surface area contributed by atoms with Crippen molar-refractivity contribution in [2.24, 2.45) is 0 Å². The Morgan fingerprint density at radius 1 is 1.08 bits per heavy atom. The molecule has 0 spiro atoms. The smallest absolute Gasteiger partial charge is 0.276 e. The summed E-state index contributed by atoms with van der Waals surface area (Å²) < 4.78 is 10.5. The minimum Gasteiger partial charge on any atom is -0.493 e. The largest absolute Gasteiger partial charge is 0.493 e. The lowest BCUT2D eigenvalue weighted by Crippen LogP contribution is -2.26. The Kier molecular flexibility index (Phi) is 5.17. The van der Waals surface area contributed by atoms with Crippen LogP contribution < -0.4 is 9.47 Å². The van der Waals surface area contributed by atoms with Gasteiger partial charge in [-0.25, -0.2) is 0 Å². The number of nitrogens with zero attached hydrogens (tertiary/aromatic N) is 4. The molecule has 0 unspecified atom stereocenters. The van der Waals surface area contributed by atoms with Gasteiger partial charge in [-0.15, -0.1) is 5.10 Å². The van der Waals surface area contributed by atoms with Gasteiger partial charge in [0, 0.05) is 13.6 Å². The van der Waals surface area contributed by atoms with Gasteiger partial charge in [-0.05, 0) is 29.8 Å². The average Bonchev–Trinajstić information content (AvgIpc) is 3.18. The van der Waals surface area contributed by atoms with Gasteiger partial charge in [0.2, 0.25) is 0 Å². The molecule has 0 bridgehead atoms. The van der Waals surface area contributed by atoms with Gasteiger partial charge >= 0.3 is 0 Å². The number of hydrogen-bond acceptors (Lipinski definition) is 5. The summed E-state index contributed by atoms with van der Waals surface area (Å²) in [5, 5.41) is 8.44. The average molecular weight is 352 g/mol. The van der Waals surface area contributed by atoms with Gasteiger partial charge in [-0.2, -0.15) is 9.90 Å². The van der Waals surface area contributed by atoms with Crippen LogP contribution in [0.4, 0.5) is 0 Å². The second-order valence-corrected chi connectivity index (χ2v) is 5.71. The highest BCUT2D eigenvalue weighted by Gasteiger charge is 2.17. The molecule has 0 N–H and O–H groups in total. The van der Waals surface area contributed by atoms with Crippen molar-refractivity contribution in [1.82, 2.24) is 19.9 Å². The second kappa shape index (κ2) is 7.69. The maximum absolute atomic E-state index is 12.6. The third kappa shape index (κ3) is 3.66. The Balaban J connectivity index is 1.73. The van der Waals surface area contributed by atoms with Crippen molar-refractivity contribution in [2.45, 2.75) is 6.54 Å². The Bertz CT molecular complexity index is 893. The third-order valence-corrected chi connectivity index (χ3v) is 3.91. The van der Waals surface area contributed by atoms with Gasteiger partial charge in [0.1, 0.15) is 0 Å². The number of hydrogen-bond donors (Lipinski definition) is 0. The lowest BCUT2D eigenvalue weighted by molar-refractivity contribution is 0.0778. The lowest BCUT2D eigenvalue weighted by Gasteiger charge is -2.17. The van der Waals surface area contributed by atoms with E-state index in [9.17, 15) is 4.79 Å². The molecule has 3 rings (SSSR count). The summed E-state index contributed by atoms with van der Waals surface area (Å²) in [6, 6.07) is 15.0. The summed E-state index contributed by atoms with van der Waals surface area (Å²) in [6.07, 6.45) is 1.47. The molecule has 0 aliphatic rings. The molecule has 0 aliphatic carbocycles. The molecular weight excluding hydrogens is 332 g/mol. The van der Waals surface area contributed by atoms with Crippen LogP contribution in [-0.2, 0) is 6.54 Å². The number of amides is 1. The summed E-state index contributed by atoms with van der Waals surface area (Å²) in [7, 11) is 4.89. The molecule has 0 radical (unpaired) electrons. The zero-order valence-electron chi connectivity index (χ0n) is 14.9. The fraction of sp³-hybridized carbons (Fsp3) is 0.211. The van der Waals surface area contributed by atoms with Crippen LogP contribution in [0.3, 0.4) is 0 Å². The first-order chi connectivity index (χ1) is 12.6. The third-order valence-electron chi connectivity index (χ3n) is 3.91. The first-order valence-electron chi connectivity index (χ1n) is 8.06. The standard InChI is InChI=1S/C19H20N4O3/c1-22(13-14-9-10-17(25-2)18(11-14)26-3)19(24)16-12-20-23(21-16)15-7-5-4-6-8-15/h4-12H,13H2,1-3H3. The highest BCUT2D eigenvalue weighted by atomic mass is 16.5. The summed E-state index contributed by atoms with van der Waals surface area (Å²) >= 11 is 0. The van der Waals surface area contributed by atoms with Crippen LogP contribution >= 0.6 is 0 Å². The zero-order valence-corrected chi connectivity index (χ0v) is 14.9. The van der Waals surface area contributed by atoms with Gasteiger partial charge in [-0.3, -0.25) is 4.79 Å². The maximum Gasteiger partial charge on any atom is 0.276 e. The molecule has 0 atom stereocenters. The second-order valence-electron chi connectivity index (χ2n) is 5.71. The molecule has 0 aliphatic heterocycles. The molecule has 7 nitrogen and oxygen atoms in total. The Labute approximate surface area is 151 Å². The zero-order chi connectivity index (χ0) is 18.5. The number of benzene rings is 2. The van der Waals surface area contributed by atoms with Gasteiger partial charge in [-0.1, -0.05) is 24.3 Å². The number of carbonyl (C=O) groups excluding carboxylic acids is 1. The number of aromatic nitrogens is 3. The molecule has 1 amide bonds. The fourth-order valence-corrected chi connectivity index (χ4v) is 2.57. The molecule has 1 aromatic heterocycles. The van der Waals surface area contributed by atoms with Crippen molar-refractivity contribution in [1.29, 1.82) is 0 Å². The van der Waals surface area contributed by atoms with Crippen molar-refractivity contribution >= 4 is 5.91 Å². The van der Waals surface area contributed by atoms with Crippen LogP contribution in [0, 0.1) is 0 Å². The molecule has 0 saturated carbocycles. The van der Waals surface area contributed by atoms with Crippen LogP contribution in [0.2, 0.25) is 0 Å². The topological polar surface area (TPSA) is 69.5 Å². The molecule has 2 aromatic carbocycles. The van der Waals surface area contributed by atoms with E-state index >= 15 is 0 Å². The first-order valence-corrected chi connectivity index (χ1v) is 8.06. The first kappa shape index (κ1) is 17.5. The molecule has 0 fully saturated rings. The monoisotopic (exact) mass is 352 g/mol. The predicted octanol–water partition coefficient (Wildman–Crippen LogP) is 2.56. The van der Waals surface area contributed by atoms with Crippen molar-refractivity contribution < 1.29 is 14.3 Å². The normalized spacial score (nSPS) is 10.4. The van der Waals surface area contributed by atoms with Crippen molar-refractivity contribution in [3.8, 4) is 17.2 Å². The van der Waals surface area contributed by atoms with Gasteiger partial charge in [0.05, 0.1) is 26.1 Å². The van der Waals surface area contributed by atoms with Crippen molar-refractivity contribution in [3.63, 3.8) is 0 Å². The van der Waals surface area contributed by atoms with Crippen LogP contribution in [-0.4, -0.2) is 47.1 Å². The Hall–Kier alpha value is -3.35. The maximum atomic E-state index is 12.6. The number of ether oxygens (including phenoxy) is 2. The Morgan fingerprint density at radius 2 is 1.81 bits per heavy atom. The molecule has 26 heavy (non-hydrogen) atoms. The number of carbonyl (C=O) groups is 1. The van der Waals surface area contributed by atoms with Crippen LogP contribution in [0.15, 0.2) is 54.7 Å². The minimum absolute atomic E-state index is 0.207. The molecule has 1 heterocycles. The Morgan fingerprint density at radius 3 is 2.50 bits per heavy atom. The summed E-state index contributed by atoms with van der Waals surface area (Å²) in [5.74, 6) is 1.07. The summed E-state index contributed by atoms with van der Waals surface area (Å²) in [6.45, 7) is 0.414.